The molecule has 19 heavy (non-hydrogen) atoms. The van der Waals surface area contributed by atoms with E-state index in [1.807, 2.05) is 18.4 Å². The molecule has 3 nitrogen and oxygen atoms in total. The topological polar surface area (TPSA) is 59.1 Å². The van der Waals surface area contributed by atoms with Gasteiger partial charge >= 0.3 is 0 Å². The molecule has 0 aliphatic rings. The van der Waals surface area contributed by atoms with E-state index in [9.17, 15) is 4.39 Å². The number of amidine groups is 1. The average molecular weight is 276 g/mol. The van der Waals surface area contributed by atoms with Crippen LogP contribution < -0.4 is 10.5 Å². The fourth-order valence-corrected chi connectivity index (χ4v) is 2.32. The summed E-state index contributed by atoms with van der Waals surface area (Å²) >= 11 is 1.48. The molecular weight excluding hydrogens is 263 g/mol. The van der Waals surface area contributed by atoms with Gasteiger partial charge in [0, 0.05) is 11.0 Å². The van der Waals surface area contributed by atoms with Crippen LogP contribution in [0.1, 0.15) is 5.56 Å². The normalized spacial score (nSPS) is 10.2. The van der Waals surface area contributed by atoms with Gasteiger partial charge in [0.1, 0.15) is 23.2 Å². The summed E-state index contributed by atoms with van der Waals surface area (Å²) in [5, 5.41) is 7.64. The summed E-state index contributed by atoms with van der Waals surface area (Å²) in [6.07, 6.45) is 1.90. The highest BCUT2D eigenvalue weighted by Crippen LogP contribution is 2.31. The third kappa shape index (κ3) is 3.06. The standard InChI is InChI=1S/C14H13FN2OS/c1-19-12-7-3-6-11(13(12)14(16)17)18-10-5-2-4-9(15)8-10/h2-8H,1H3,(H3,16,17). The average Bonchev–Trinajstić information content (AvgIpc) is 2.38. The Morgan fingerprint density at radius 2 is 2.00 bits per heavy atom. The van der Waals surface area contributed by atoms with Crippen LogP contribution in [-0.2, 0) is 0 Å². The Balaban J connectivity index is 2.42. The van der Waals surface area contributed by atoms with Crippen molar-refractivity contribution in [3.8, 4) is 11.5 Å². The summed E-state index contributed by atoms with van der Waals surface area (Å²) in [7, 11) is 0. The Hall–Kier alpha value is -2.01. The number of nitrogen functional groups attached to an aromatic ring is 1. The molecule has 0 amide bonds. The number of nitrogens with one attached hydrogen (secondary N) is 1. The first-order valence-corrected chi connectivity index (χ1v) is 6.79. The third-order valence-corrected chi connectivity index (χ3v) is 3.28. The molecule has 0 saturated heterocycles. The number of thioether (sulfide) groups is 1. The number of nitrogens with two attached hydrogens (primary N) is 1. The van der Waals surface area contributed by atoms with Crippen molar-refractivity contribution in [3.63, 3.8) is 0 Å². The second-order valence-corrected chi connectivity index (χ2v) is 4.65. The molecule has 2 rings (SSSR count). The summed E-state index contributed by atoms with van der Waals surface area (Å²) in [6.45, 7) is 0. The van der Waals surface area contributed by atoms with Crippen LogP contribution in [-0.4, -0.2) is 12.1 Å². The summed E-state index contributed by atoms with van der Waals surface area (Å²) in [6, 6.07) is 11.2. The first-order chi connectivity index (χ1) is 9.11. The van der Waals surface area contributed by atoms with E-state index in [2.05, 4.69) is 0 Å². The van der Waals surface area contributed by atoms with Gasteiger partial charge in [-0.2, -0.15) is 0 Å². The zero-order valence-corrected chi connectivity index (χ0v) is 11.1. The van der Waals surface area contributed by atoms with Crippen LogP contribution in [0.3, 0.4) is 0 Å². The number of rotatable bonds is 4. The maximum absolute atomic E-state index is 13.1. The van der Waals surface area contributed by atoms with Crippen molar-refractivity contribution in [2.75, 3.05) is 6.26 Å². The molecule has 2 aromatic carbocycles. The predicted octanol–water partition coefficient (Wildman–Crippen LogP) is 3.62. The van der Waals surface area contributed by atoms with E-state index in [1.54, 1.807) is 18.2 Å². The fourth-order valence-electron chi connectivity index (χ4n) is 1.69. The van der Waals surface area contributed by atoms with Gasteiger partial charge < -0.3 is 10.5 Å². The van der Waals surface area contributed by atoms with E-state index in [0.29, 0.717) is 17.1 Å². The lowest BCUT2D eigenvalue weighted by Crippen LogP contribution is -2.13. The van der Waals surface area contributed by atoms with Gasteiger partial charge in [-0.1, -0.05) is 12.1 Å². The highest BCUT2D eigenvalue weighted by Gasteiger charge is 2.12. The molecule has 3 N–H and O–H groups in total. The molecule has 2 aromatic rings. The first-order valence-electron chi connectivity index (χ1n) is 5.56. The molecule has 0 aliphatic heterocycles. The Morgan fingerprint density at radius 3 is 2.63 bits per heavy atom. The lowest BCUT2D eigenvalue weighted by molar-refractivity contribution is 0.474. The second kappa shape index (κ2) is 5.75. The van der Waals surface area contributed by atoms with Crippen LogP contribution in [0.25, 0.3) is 0 Å². The maximum atomic E-state index is 13.1. The van der Waals surface area contributed by atoms with E-state index < -0.39 is 0 Å². The van der Waals surface area contributed by atoms with E-state index in [4.69, 9.17) is 15.9 Å². The number of hydrogen-bond donors (Lipinski definition) is 2. The zero-order valence-electron chi connectivity index (χ0n) is 10.3. The summed E-state index contributed by atoms with van der Waals surface area (Å²) in [5.74, 6) is 0.380. The molecule has 5 heteroatoms. The van der Waals surface area contributed by atoms with Gasteiger partial charge in [-0.25, -0.2) is 4.39 Å². The number of benzene rings is 2. The number of hydrogen-bond acceptors (Lipinski definition) is 3. The van der Waals surface area contributed by atoms with Crippen molar-refractivity contribution < 1.29 is 9.13 Å². The quantitative estimate of drug-likeness (QED) is 0.509. The van der Waals surface area contributed by atoms with E-state index >= 15 is 0 Å². The van der Waals surface area contributed by atoms with Crippen LogP contribution in [0, 0.1) is 11.2 Å². The van der Waals surface area contributed by atoms with Crippen molar-refractivity contribution >= 4 is 17.6 Å². The minimum Gasteiger partial charge on any atom is -0.456 e. The maximum Gasteiger partial charge on any atom is 0.139 e. The Kier molecular flexibility index (Phi) is 4.06. The van der Waals surface area contributed by atoms with Gasteiger partial charge in [-0.05, 0) is 30.5 Å². The molecule has 0 saturated carbocycles. The monoisotopic (exact) mass is 276 g/mol. The largest absolute Gasteiger partial charge is 0.456 e. The van der Waals surface area contributed by atoms with Crippen molar-refractivity contribution in [3.05, 3.63) is 53.8 Å². The van der Waals surface area contributed by atoms with Gasteiger partial charge in [0.25, 0.3) is 0 Å². The highest BCUT2D eigenvalue weighted by molar-refractivity contribution is 7.98. The van der Waals surface area contributed by atoms with Gasteiger partial charge in [0.05, 0.1) is 5.56 Å². The summed E-state index contributed by atoms with van der Waals surface area (Å²) < 4.78 is 18.7. The number of ether oxygens (including phenoxy) is 1. The van der Waals surface area contributed by atoms with Crippen molar-refractivity contribution in [1.82, 2.24) is 0 Å². The fraction of sp³-hybridized carbons (Fsp3) is 0.0714. The minimum atomic E-state index is -0.372. The molecule has 0 aliphatic carbocycles. The molecule has 0 aromatic heterocycles. The van der Waals surface area contributed by atoms with Crippen LogP contribution in [0.5, 0.6) is 11.5 Å². The van der Waals surface area contributed by atoms with Crippen molar-refractivity contribution in [2.24, 2.45) is 5.73 Å². The first kappa shape index (κ1) is 13.4. The molecule has 0 bridgehead atoms. The molecule has 0 atom stereocenters. The zero-order chi connectivity index (χ0) is 13.8. The van der Waals surface area contributed by atoms with Crippen molar-refractivity contribution in [2.45, 2.75) is 4.90 Å². The van der Waals surface area contributed by atoms with E-state index in [-0.39, 0.29) is 11.7 Å². The van der Waals surface area contributed by atoms with E-state index in [0.717, 1.165) is 4.90 Å². The van der Waals surface area contributed by atoms with Crippen LogP contribution in [0.4, 0.5) is 4.39 Å². The summed E-state index contributed by atoms with van der Waals surface area (Å²) in [4.78, 5) is 0.849. The lowest BCUT2D eigenvalue weighted by Gasteiger charge is -2.13. The summed E-state index contributed by atoms with van der Waals surface area (Å²) in [5.41, 5.74) is 6.12. The van der Waals surface area contributed by atoms with Crippen molar-refractivity contribution in [1.29, 1.82) is 5.41 Å². The molecule has 0 heterocycles. The Morgan fingerprint density at radius 1 is 1.26 bits per heavy atom. The number of halogens is 1. The van der Waals surface area contributed by atoms with Gasteiger partial charge in [-0.15, -0.1) is 11.8 Å². The van der Waals surface area contributed by atoms with Gasteiger partial charge in [0.2, 0.25) is 0 Å². The predicted molar refractivity (Wildman–Crippen MR) is 75.7 cm³/mol. The molecule has 0 fully saturated rings. The van der Waals surface area contributed by atoms with Crippen LogP contribution in [0.15, 0.2) is 47.4 Å². The molecule has 98 valence electrons. The van der Waals surface area contributed by atoms with Gasteiger partial charge in [0.15, 0.2) is 0 Å². The smallest absolute Gasteiger partial charge is 0.139 e. The second-order valence-electron chi connectivity index (χ2n) is 3.81. The SMILES string of the molecule is CSc1cccc(Oc2cccc(F)c2)c1C(=N)N. The minimum absolute atomic E-state index is 0.0728. The lowest BCUT2D eigenvalue weighted by atomic mass is 10.2. The molecule has 0 unspecified atom stereocenters. The highest BCUT2D eigenvalue weighted by atomic mass is 32.2. The van der Waals surface area contributed by atoms with Crippen LogP contribution >= 0.6 is 11.8 Å². The molecule has 0 spiro atoms. The molecular formula is C14H13FN2OS. The molecule has 0 radical (unpaired) electrons. The Labute approximate surface area is 115 Å². The van der Waals surface area contributed by atoms with E-state index in [1.165, 1.54) is 23.9 Å². The third-order valence-electron chi connectivity index (χ3n) is 2.50. The van der Waals surface area contributed by atoms with Crippen LogP contribution in [0.2, 0.25) is 0 Å². The van der Waals surface area contributed by atoms with Gasteiger partial charge in [-0.3, -0.25) is 5.41 Å². The Bertz CT molecular complexity index is 616.